The average molecular weight is 233 g/mol. The molecule has 2 atom stereocenters. The van der Waals surface area contributed by atoms with Gasteiger partial charge in [0.25, 0.3) is 0 Å². The van der Waals surface area contributed by atoms with Crippen LogP contribution in [0.1, 0.15) is 6.42 Å². The first kappa shape index (κ1) is 9.32. The van der Waals surface area contributed by atoms with Crippen molar-refractivity contribution >= 4 is 11.2 Å². The van der Waals surface area contributed by atoms with Gasteiger partial charge < -0.3 is 14.5 Å². The van der Waals surface area contributed by atoms with Crippen molar-refractivity contribution in [3.8, 4) is 0 Å². The van der Waals surface area contributed by atoms with Crippen LogP contribution in [0.25, 0.3) is 11.2 Å². The van der Waals surface area contributed by atoms with E-state index in [4.69, 9.17) is 14.9 Å². The van der Waals surface area contributed by atoms with Crippen LogP contribution in [0.3, 0.4) is 0 Å². The maximum Gasteiger partial charge on any atom is 0.182 e. The van der Waals surface area contributed by atoms with Crippen LogP contribution in [0.5, 0.6) is 0 Å². The van der Waals surface area contributed by atoms with E-state index in [9.17, 15) is 0 Å². The van der Waals surface area contributed by atoms with E-state index >= 15 is 0 Å². The zero-order valence-electron chi connectivity index (χ0n) is 9.01. The predicted octanol–water partition coefficient (Wildman–Crippen LogP) is -0.289. The lowest BCUT2D eigenvalue weighted by Gasteiger charge is -2.28. The summed E-state index contributed by atoms with van der Waals surface area (Å²) in [5.74, 6) is 0. The summed E-state index contributed by atoms with van der Waals surface area (Å²) in [6.45, 7) is 1.07. The number of aromatic amines is 1. The fourth-order valence-corrected chi connectivity index (χ4v) is 2.57. The van der Waals surface area contributed by atoms with Gasteiger partial charge in [0.2, 0.25) is 0 Å². The molecule has 2 bridgehead atoms. The zero-order chi connectivity index (χ0) is 11.5. The van der Waals surface area contributed by atoms with Crippen LogP contribution in [0.4, 0.5) is 0 Å². The summed E-state index contributed by atoms with van der Waals surface area (Å²) in [7, 11) is 0. The second kappa shape index (κ2) is 2.93. The molecule has 0 aliphatic carbocycles. The largest absolute Gasteiger partial charge is 0.371 e. The van der Waals surface area contributed by atoms with E-state index in [0.717, 1.165) is 6.42 Å². The van der Waals surface area contributed by atoms with Crippen LogP contribution in [0, 0.1) is 5.41 Å². The molecular weight excluding hydrogens is 222 g/mol. The zero-order valence-corrected chi connectivity index (χ0v) is 9.01. The molecule has 2 aliphatic rings. The number of ether oxygens (including phenoxy) is 2. The predicted molar refractivity (Wildman–Crippen MR) is 56.0 cm³/mol. The molecule has 7 nitrogen and oxygen atoms in total. The Labute approximate surface area is 95.9 Å². The molecule has 88 valence electrons. The van der Waals surface area contributed by atoms with Gasteiger partial charge >= 0.3 is 0 Å². The first-order chi connectivity index (χ1) is 8.28. The molecule has 4 heterocycles. The average Bonchev–Trinajstić information content (AvgIpc) is 3.04. The summed E-state index contributed by atoms with van der Waals surface area (Å²) < 4.78 is 13.1. The number of aromatic nitrogens is 4. The Hall–Kier alpha value is -1.73. The SMILES string of the molecule is N=c1c2[nH]cnc2ncn1C12COC(CO1)C2. The van der Waals surface area contributed by atoms with Crippen molar-refractivity contribution in [2.24, 2.45) is 0 Å². The third kappa shape index (κ3) is 1.10. The molecule has 2 unspecified atom stereocenters. The maximum atomic E-state index is 8.18. The third-order valence-corrected chi connectivity index (χ3v) is 3.46. The van der Waals surface area contributed by atoms with E-state index < -0.39 is 5.72 Å². The van der Waals surface area contributed by atoms with Crippen molar-refractivity contribution in [1.82, 2.24) is 19.5 Å². The van der Waals surface area contributed by atoms with Gasteiger partial charge in [0.15, 0.2) is 16.9 Å². The molecule has 7 heteroatoms. The van der Waals surface area contributed by atoms with Gasteiger partial charge in [-0.25, -0.2) is 9.97 Å². The molecule has 2 fully saturated rings. The highest BCUT2D eigenvalue weighted by Crippen LogP contribution is 2.38. The minimum atomic E-state index is -0.548. The Balaban J connectivity index is 1.96. The van der Waals surface area contributed by atoms with Gasteiger partial charge in [0, 0.05) is 6.42 Å². The Morgan fingerprint density at radius 1 is 1.53 bits per heavy atom. The van der Waals surface area contributed by atoms with Crippen molar-refractivity contribution in [2.75, 3.05) is 13.2 Å². The van der Waals surface area contributed by atoms with E-state index in [-0.39, 0.29) is 6.10 Å². The van der Waals surface area contributed by atoms with E-state index in [0.29, 0.717) is 29.9 Å². The standard InChI is InChI=1S/C10H11N5O2/c11-8-7-9(13-4-12-7)14-5-15(8)10-1-6(2-17-10)16-3-10/h4-6,11H,1-3H2,(H,12,13). The number of nitrogens with one attached hydrogen (secondary N) is 2. The van der Waals surface area contributed by atoms with Crippen LogP contribution in [0.15, 0.2) is 12.7 Å². The van der Waals surface area contributed by atoms with Gasteiger partial charge in [-0.2, -0.15) is 0 Å². The molecule has 0 spiro atoms. The van der Waals surface area contributed by atoms with Gasteiger partial charge in [0.05, 0.1) is 25.6 Å². The molecule has 2 N–H and O–H groups in total. The van der Waals surface area contributed by atoms with Crippen LogP contribution in [-0.2, 0) is 15.2 Å². The minimum absolute atomic E-state index is 0.152. The molecule has 0 radical (unpaired) electrons. The molecule has 0 aromatic carbocycles. The van der Waals surface area contributed by atoms with E-state index in [1.165, 1.54) is 0 Å². The summed E-state index contributed by atoms with van der Waals surface area (Å²) >= 11 is 0. The van der Waals surface area contributed by atoms with Crippen molar-refractivity contribution in [1.29, 1.82) is 5.41 Å². The molecule has 0 saturated carbocycles. The number of rotatable bonds is 1. The Morgan fingerprint density at radius 3 is 3.18 bits per heavy atom. The number of imidazole rings is 1. The van der Waals surface area contributed by atoms with Gasteiger partial charge in [-0.1, -0.05) is 0 Å². The summed E-state index contributed by atoms with van der Waals surface area (Å²) in [4.78, 5) is 11.2. The van der Waals surface area contributed by atoms with Crippen LogP contribution >= 0.6 is 0 Å². The molecule has 2 saturated heterocycles. The Kier molecular flexibility index (Phi) is 1.61. The topological polar surface area (TPSA) is 88.8 Å². The second-order valence-electron chi connectivity index (χ2n) is 4.46. The fourth-order valence-electron chi connectivity index (χ4n) is 2.57. The highest BCUT2D eigenvalue weighted by atomic mass is 16.6. The summed E-state index contributed by atoms with van der Waals surface area (Å²) in [5, 5.41) is 8.18. The summed E-state index contributed by atoms with van der Waals surface area (Å²) in [6.07, 6.45) is 4.09. The van der Waals surface area contributed by atoms with E-state index in [2.05, 4.69) is 15.0 Å². The van der Waals surface area contributed by atoms with Crippen molar-refractivity contribution in [2.45, 2.75) is 18.2 Å². The van der Waals surface area contributed by atoms with Gasteiger partial charge in [-0.3, -0.25) is 9.98 Å². The quantitative estimate of drug-likeness (QED) is 0.708. The highest BCUT2D eigenvalue weighted by molar-refractivity contribution is 5.67. The van der Waals surface area contributed by atoms with Gasteiger partial charge in [-0.15, -0.1) is 0 Å². The van der Waals surface area contributed by atoms with Gasteiger partial charge in [0.1, 0.15) is 11.8 Å². The van der Waals surface area contributed by atoms with Gasteiger partial charge in [-0.05, 0) is 0 Å². The summed E-state index contributed by atoms with van der Waals surface area (Å²) in [5.41, 5.74) is 0.962. The fraction of sp³-hybridized carbons (Fsp3) is 0.500. The monoisotopic (exact) mass is 233 g/mol. The molecule has 17 heavy (non-hydrogen) atoms. The molecule has 4 rings (SSSR count). The molecule has 2 aromatic rings. The van der Waals surface area contributed by atoms with E-state index in [1.54, 1.807) is 17.2 Å². The first-order valence-corrected chi connectivity index (χ1v) is 5.50. The van der Waals surface area contributed by atoms with Crippen molar-refractivity contribution < 1.29 is 9.47 Å². The van der Waals surface area contributed by atoms with E-state index in [1.807, 2.05) is 0 Å². The number of hydrogen-bond acceptors (Lipinski definition) is 5. The Morgan fingerprint density at radius 2 is 2.47 bits per heavy atom. The molecule has 2 aliphatic heterocycles. The van der Waals surface area contributed by atoms with Crippen molar-refractivity contribution in [3.63, 3.8) is 0 Å². The van der Waals surface area contributed by atoms with Crippen LogP contribution in [-0.4, -0.2) is 38.8 Å². The van der Waals surface area contributed by atoms with Crippen LogP contribution in [0.2, 0.25) is 0 Å². The Bertz CT molecular complexity index is 637. The molecule has 0 amide bonds. The number of hydrogen-bond donors (Lipinski definition) is 2. The summed E-state index contributed by atoms with van der Waals surface area (Å²) in [6, 6.07) is 0. The molecule has 2 aromatic heterocycles. The second-order valence-corrected chi connectivity index (χ2v) is 4.46. The van der Waals surface area contributed by atoms with Crippen LogP contribution < -0.4 is 5.49 Å². The maximum absolute atomic E-state index is 8.18. The minimum Gasteiger partial charge on any atom is -0.371 e. The smallest absolute Gasteiger partial charge is 0.182 e. The lowest BCUT2D eigenvalue weighted by atomic mass is 10.1. The highest BCUT2D eigenvalue weighted by Gasteiger charge is 2.49. The number of fused-ring (bicyclic) bond motifs is 3. The molecular formula is C10H11N5O2. The lowest BCUT2D eigenvalue weighted by Crippen LogP contribution is -2.43. The first-order valence-electron chi connectivity index (χ1n) is 5.50. The number of nitrogens with zero attached hydrogens (tertiary/aromatic N) is 3. The number of H-pyrrole nitrogens is 1. The third-order valence-electron chi connectivity index (χ3n) is 3.46. The normalized spacial score (nSPS) is 31.4. The van der Waals surface area contributed by atoms with Crippen molar-refractivity contribution in [3.05, 3.63) is 18.1 Å². The lowest BCUT2D eigenvalue weighted by molar-refractivity contribution is -0.139.